The van der Waals surface area contributed by atoms with Gasteiger partial charge >= 0.3 is 0 Å². The molecule has 0 spiro atoms. The summed E-state index contributed by atoms with van der Waals surface area (Å²) >= 11 is 1.44. The first kappa shape index (κ1) is 11.7. The lowest BCUT2D eigenvalue weighted by atomic mass is 10.2. The van der Waals surface area contributed by atoms with Gasteiger partial charge in [0.2, 0.25) is 0 Å². The van der Waals surface area contributed by atoms with Crippen LogP contribution < -0.4 is 4.74 Å². The van der Waals surface area contributed by atoms with Crippen molar-refractivity contribution in [2.24, 2.45) is 0 Å². The molecule has 5 heteroatoms. The minimum absolute atomic E-state index is 0.0523. The Morgan fingerprint density at radius 3 is 2.53 bits per heavy atom. The summed E-state index contributed by atoms with van der Waals surface area (Å²) in [6, 6.07) is 5.52. The fraction of sp³-hybridized carbons (Fsp3) is 0.0833. The van der Waals surface area contributed by atoms with Crippen LogP contribution in [0.1, 0.15) is 15.2 Å². The Morgan fingerprint density at radius 2 is 2.00 bits per heavy atom. The van der Waals surface area contributed by atoms with E-state index in [4.69, 9.17) is 4.74 Å². The maximum absolute atomic E-state index is 13.4. The average Bonchev–Trinajstić information content (AvgIpc) is 2.80. The summed E-state index contributed by atoms with van der Waals surface area (Å²) in [5, 5.41) is 1.85. The fourth-order valence-electron chi connectivity index (χ4n) is 1.32. The number of hydrogen-bond acceptors (Lipinski definition) is 3. The zero-order chi connectivity index (χ0) is 12.3. The minimum Gasteiger partial charge on any atom is -0.482 e. The third-order valence-electron chi connectivity index (χ3n) is 2.10. The van der Waals surface area contributed by atoms with Crippen LogP contribution in [0.3, 0.4) is 0 Å². The SMILES string of the molecule is O=Cc1cc(F)c(OCc2cccs2)c(F)c1. The van der Waals surface area contributed by atoms with Crippen molar-refractivity contribution >= 4 is 17.6 Å². The van der Waals surface area contributed by atoms with Crippen molar-refractivity contribution in [1.29, 1.82) is 0 Å². The smallest absolute Gasteiger partial charge is 0.191 e. The summed E-state index contributed by atoms with van der Waals surface area (Å²) in [5.41, 5.74) is -0.0523. The summed E-state index contributed by atoms with van der Waals surface area (Å²) in [6.07, 6.45) is 0.384. The molecule has 2 nitrogen and oxygen atoms in total. The first-order valence-corrected chi connectivity index (χ1v) is 5.68. The Bertz CT molecular complexity index is 500. The molecule has 0 bridgehead atoms. The van der Waals surface area contributed by atoms with Crippen molar-refractivity contribution in [1.82, 2.24) is 0 Å². The number of rotatable bonds is 4. The molecule has 0 radical (unpaired) electrons. The summed E-state index contributed by atoms with van der Waals surface area (Å²) in [7, 11) is 0. The highest BCUT2D eigenvalue weighted by Gasteiger charge is 2.12. The van der Waals surface area contributed by atoms with Gasteiger partial charge in [-0.25, -0.2) is 8.78 Å². The summed E-state index contributed by atoms with van der Waals surface area (Å²) in [6.45, 7) is 0.103. The molecule has 1 aromatic carbocycles. The van der Waals surface area contributed by atoms with Crippen molar-refractivity contribution in [3.8, 4) is 5.75 Å². The molecule has 17 heavy (non-hydrogen) atoms. The monoisotopic (exact) mass is 254 g/mol. The van der Waals surface area contributed by atoms with Crippen LogP contribution in [-0.4, -0.2) is 6.29 Å². The Balaban J connectivity index is 2.18. The molecule has 0 aliphatic heterocycles. The maximum atomic E-state index is 13.4. The normalized spacial score (nSPS) is 10.2. The standard InChI is InChI=1S/C12H8F2O2S/c13-10-4-8(6-15)5-11(14)12(10)16-7-9-2-1-3-17-9/h1-6H,7H2. The van der Waals surface area contributed by atoms with E-state index in [2.05, 4.69) is 0 Å². The highest BCUT2D eigenvalue weighted by Crippen LogP contribution is 2.24. The molecule has 0 atom stereocenters. The van der Waals surface area contributed by atoms with Crippen molar-refractivity contribution in [2.75, 3.05) is 0 Å². The quantitative estimate of drug-likeness (QED) is 0.781. The van der Waals surface area contributed by atoms with E-state index in [0.29, 0.717) is 6.29 Å². The van der Waals surface area contributed by atoms with Gasteiger partial charge in [0.25, 0.3) is 0 Å². The first-order chi connectivity index (χ1) is 8.20. The van der Waals surface area contributed by atoms with Gasteiger partial charge in [0, 0.05) is 10.4 Å². The molecule has 1 aromatic heterocycles. The molecular formula is C12H8F2O2S. The van der Waals surface area contributed by atoms with Crippen LogP contribution in [0.5, 0.6) is 5.75 Å². The van der Waals surface area contributed by atoms with Gasteiger partial charge in [-0.2, -0.15) is 0 Å². The van der Waals surface area contributed by atoms with Gasteiger partial charge < -0.3 is 4.74 Å². The largest absolute Gasteiger partial charge is 0.482 e. The highest BCUT2D eigenvalue weighted by molar-refractivity contribution is 7.09. The molecule has 0 N–H and O–H groups in total. The lowest BCUT2D eigenvalue weighted by Gasteiger charge is -2.07. The summed E-state index contributed by atoms with van der Waals surface area (Å²) < 4.78 is 31.9. The van der Waals surface area contributed by atoms with Crippen LogP contribution in [-0.2, 0) is 6.61 Å². The van der Waals surface area contributed by atoms with Crippen molar-refractivity contribution < 1.29 is 18.3 Å². The number of ether oxygens (including phenoxy) is 1. The molecule has 2 aromatic rings. The second-order valence-corrected chi connectivity index (χ2v) is 4.33. The molecule has 2 rings (SSSR count). The number of carbonyl (C=O) groups is 1. The number of carbonyl (C=O) groups excluding carboxylic acids is 1. The van der Waals surface area contributed by atoms with E-state index in [1.165, 1.54) is 11.3 Å². The average molecular weight is 254 g/mol. The third kappa shape index (κ3) is 2.68. The molecular weight excluding hydrogens is 246 g/mol. The van der Waals surface area contributed by atoms with Crippen molar-refractivity contribution in [3.05, 3.63) is 51.7 Å². The Hall–Kier alpha value is -1.75. The molecule has 0 aliphatic carbocycles. The van der Waals surface area contributed by atoms with E-state index in [1.807, 2.05) is 11.4 Å². The molecule has 0 saturated heterocycles. The Morgan fingerprint density at radius 1 is 1.29 bits per heavy atom. The Labute approximate surface area is 100 Å². The second-order valence-electron chi connectivity index (χ2n) is 3.30. The van der Waals surface area contributed by atoms with Gasteiger partial charge in [-0.1, -0.05) is 6.07 Å². The van der Waals surface area contributed by atoms with E-state index in [9.17, 15) is 13.6 Å². The van der Waals surface area contributed by atoms with Crippen LogP contribution in [0.15, 0.2) is 29.6 Å². The zero-order valence-electron chi connectivity index (χ0n) is 8.65. The summed E-state index contributed by atoms with van der Waals surface area (Å²) in [4.78, 5) is 11.3. The van der Waals surface area contributed by atoms with Crippen LogP contribution in [0, 0.1) is 11.6 Å². The van der Waals surface area contributed by atoms with Gasteiger partial charge in [0.1, 0.15) is 12.9 Å². The van der Waals surface area contributed by atoms with E-state index >= 15 is 0 Å². The van der Waals surface area contributed by atoms with Gasteiger partial charge in [-0.3, -0.25) is 4.79 Å². The van der Waals surface area contributed by atoms with E-state index < -0.39 is 17.4 Å². The Kier molecular flexibility index (Phi) is 3.49. The molecule has 0 fully saturated rings. The first-order valence-electron chi connectivity index (χ1n) is 4.80. The highest BCUT2D eigenvalue weighted by atomic mass is 32.1. The van der Waals surface area contributed by atoms with Crippen LogP contribution in [0.25, 0.3) is 0 Å². The fourth-order valence-corrected chi connectivity index (χ4v) is 1.94. The predicted octanol–water partition coefficient (Wildman–Crippen LogP) is 3.42. The van der Waals surface area contributed by atoms with Gasteiger partial charge in [-0.05, 0) is 23.6 Å². The van der Waals surface area contributed by atoms with Crippen molar-refractivity contribution in [3.63, 3.8) is 0 Å². The molecule has 0 aliphatic rings. The molecule has 0 amide bonds. The zero-order valence-corrected chi connectivity index (χ0v) is 9.47. The van der Waals surface area contributed by atoms with Crippen molar-refractivity contribution in [2.45, 2.75) is 6.61 Å². The van der Waals surface area contributed by atoms with Gasteiger partial charge in [-0.15, -0.1) is 11.3 Å². The lowest BCUT2D eigenvalue weighted by molar-refractivity contribution is 0.112. The van der Waals surface area contributed by atoms with E-state index in [-0.39, 0.29) is 12.2 Å². The molecule has 0 unspecified atom stereocenters. The minimum atomic E-state index is -0.872. The van der Waals surface area contributed by atoms with Gasteiger partial charge in [0.15, 0.2) is 17.4 Å². The van der Waals surface area contributed by atoms with E-state index in [0.717, 1.165) is 17.0 Å². The van der Waals surface area contributed by atoms with E-state index in [1.54, 1.807) is 6.07 Å². The second kappa shape index (κ2) is 5.05. The number of aldehydes is 1. The van der Waals surface area contributed by atoms with Crippen LogP contribution in [0.2, 0.25) is 0 Å². The number of thiophene rings is 1. The number of hydrogen-bond donors (Lipinski definition) is 0. The predicted molar refractivity (Wildman–Crippen MR) is 60.4 cm³/mol. The topological polar surface area (TPSA) is 26.3 Å². The maximum Gasteiger partial charge on any atom is 0.191 e. The lowest BCUT2D eigenvalue weighted by Crippen LogP contribution is -1.99. The molecule has 0 saturated carbocycles. The molecule has 88 valence electrons. The number of halogens is 2. The third-order valence-corrected chi connectivity index (χ3v) is 2.95. The van der Waals surface area contributed by atoms with Crippen LogP contribution >= 0.6 is 11.3 Å². The summed E-state index contributed by atoms with van der Waals surface area (Å²) in [5.74, 6) is -2.20. The van der Waals surface area contributed by atoms with Crippen LogP contribution in [0.4, 0.5) is 8.78 Å². The number of benzene rings is 1. The molecule has 1 heterocycles. The van der Waals surface area contributed by atoms with Gasteiger partial charge in [0.05, 0.1) is 0 Å².